The third-order valence-corrected chi connectivity index (χ3v) is 7.19. The molecule has 0 saturated carbocycles. The largest absolute Gasteiger partial charge is 0.508 e. The van der Waals surface area contributed by atoms with Gasteiger partial charge in [-0.2, -0.15) is 0 Å². The second kappa shape index (κ2) is 13.8. The molecule has 6 rings (SSSR count). The topological polar surface area (TPSA) is 55.2 Å². The van der Waals surface area contributed by atoms with Crippen molar-refractivity contribution in [2.24, 2.45) is 0 Å². The van der Waals surface area contributed by atoms with Crippen LogP contribution in [0.4, 0.5) is 0 Å². The van der Waals surface area contributed by atoms with Gasteiger partial charge in [-0.25, -0.2) is 0 Å². The molecule has 0 radical (unpaired) electrons. The van der Waals surface area contributed by atoms with Gasteiger partial charge in [0.05, 0.1) is 17.2 Å². The van der Waals surface area contributed by atoms with Crippen molar-refractivity contribution in [2.75, 3.05) is 0 Å². The lowest BCUT2D eigenvalue weighted by molar-refractivity contribution is 0.446. The van der Waals surface area contributed by atoms with Gasteiger partial charge in [0.1, 0.15) is 17.2 Å². The van der Waals surface area contributed by atoms with Gasteiger partial charge in [-0.15, -0.1) is 0 Å². The summed E-state index contributed by atoms with van der Waals surface area (Å²) in [4.78, 5) is 8.68. The Balaban J connectivity index is 0.000000162. The quantitative estimate of drug-likeness (QED) is 0.206. The highest BCUT2D eigenvalue weighted by Crippen LogP contribution is 2.34. The van der Waals surface area contributed by atoms with Crippen LogP contribution in [0, 0.1) is 0 Å². The van der Waals surface area contributed by atoms with Gasteiger partial charge in [0.2, 0.25) is 0 Å². The Morgan fingerprint density at radius 3 is 1.65 bits per heavy atom. The predicted octanol–water partition coefficient (Wildman–Crippen LogP) is 11.0. The molecule has 0 amide bonds. The number of halogens is 1. The van der Waals surface area contributed by atoms with Crippen LogP contribution in [0.15, 0.2) is 126 Å². The van der Waals surface area contributed by atoms with Crippen molar-refractivity contribution < 1.29 is 9.84 Å². The van der Waals surface area contributed by atoms with Crippen LogP contribution in [0.25, 0.3) is 21.8 Å². The van der Waals surface area contributed by atoms with Crippen molar-refractivity contribution in [1.82, 2.24) is 9.97 Å². The molecule has 0 atom stereocenters. The number of rotatable bonds is 2. The minimum atomic E-state index is 0.0331. The number of aromatic nitrogens is 2. The summed E-state index contributed by atoms with van der Waals surface area (Å²) in [6.07, 6.45) is 3.59. The van der Waals surface area contributed by atoms with Crippen molar-refractivity contribution in [3.05, 3.63) is 137 Å². The monoisotopic (exact) mass is 634 g/mol. The Hall–Kier alpha value is -4.22. The minimum absolute atomic E-state index is 0.0331. The molecule has 0 saturated heterocycles. The number of para-hydroxylation sites is 4. The zero-order valence-corrected chi connectivity index (χ0v) is 27.3. The number of phenolic OH excluding ortho intramolecular Hbond substituents is 1. The van der Waals surface area contributed by atoms with E-state index in [4.69, 9.17) is 4.74 Å². The number of hydrogen-bond donors (Lipinski definition) is 1. The summed E-state index contributed by atoms with van der Waals surface area (Å²) >= 11 is 3.37. The molecule has 220 valence electrons. The number of nitrogens with zero attached hydrogens (tertiary/aromatic N) is 2. The summed E-state index contributed by atoms with van der Waals surface area (Å²) in [6, 6.07) is 35.8. The van der Waals surface area contributed by atoms with Crippen LogP contribution in [-0.2, 0) is 10.8 Å². The molecule has 0 aliphatic heterocycles. The van der Waals surface area contributed by atoms with Gasteiger partial charge in [0, 0.05) is 27.0 Å². The lowest BCUT2D eigenvalue weighted by Gasteiger charge is -2.22. The molecule has 4 nitrogen and oxygen atoms in total. The average Bonchev–Trinajstić information content (AvgIpc) is 2.97. The molecule has 4 aromatic carbocycles. The fraction of sp³-hybridized carbons (Fsp3) is 0.211. The van der Waals surface area contributed by atoms with E-state index in [2.05, 4.69) is 79.6 Å². The number of ether oxygens (including phenoxy) is 1. The number of benzene rings is 4. The molecular formula is C38H39BrN2O2. The molecule has 43 heavy (non-hydrogen) atoms. The molecular weight excluding hydrogens is 596 g/mol. The molecule has 5 heteroatoms. The first kappa shape index (κ1) is 31.7. The first-order valence-corrected chi connectivity index (χ1v) is 15.1. The summed E-state index contributed by atoms with van der Waals surface area (Å²) in [7, 11) is 0. The van der Waals surface area contributed by atoms with Gasteiger partial charge in [-0.05, 0) is 68.7 Å². The van der Waals surface area contributed by atoms with Gasteiger partial charge in [-0.1, -0.05) is 114 Å². The van der Waals surface area contributed by atoms with E-state index in [-0.39, 0.29) is 10.8 Å². The van der Waals surface area contributed by atoms with Crippen molar-refractivity contribution >= 4 is 37.7 Å². The van der Waals surface area contributed by atoms with E-state index in [1.54, 1.807) is 12.3 Å². The van der Waals surface area contributed by atoms with Gasteiger partial charge in [-0.3, -0.25) is 9.97 Å². The molecule has 0 bridgehead atoms. The van der Waals surface area contributed by atoms with Crippen molar-refractivity contribution in [2.45, 2.75) is 52.4 Å². The Kier molecular flexibility index (Phi) is 10.2. The molecule has 0 aliphatic carbocycles. The maximum atomic E-state index is 9.45. The SMILES string of the molecule is Brc1cnc2ccccc2c1.CC(C)(C)c1ccccc1O.CC(C)(C)c1ccccc1Oc1cnc2ccccc2c1. The predicted molar refractivity (Wildman–Crippen MR) is 183 cm³/mol. The maximum absolute atomic E-state index is 9.45. The molecule has 0 fully saturated rings. The van der Waals surface area contributed by atoms with Crippen LogP contribution in [0.2, 0.25) is 0 Å². The van der Waals surface area contributed by atoms with E-state index in [1.807, 2.05) is 97.2 Å². The van der Waals surface area contributed by atoms with Crippen molar-refractivity contribution in [3.63, 3.8) is 0 Å². The second-order valence-electron chi connectivity index (χ2n) is 12.3. The Bertz CT molecular complexity index is 1800. The van der Waals surface area contributed by atoms with Crippen molar-refractivity contribution in [1.29, 1.82) is 0 Å². The Morgan fingerprint density at radius 1 is 0.581 bits per heavy atom. The number of fused-ring (bicyclic) bond motifs is 2. The third-order valence-electron chi connectivity index (χ3n) is 6.76. The molecule has 0 spiro atoms. The zero-order chi connectivity index (χ0) is 31.0. The average molecular weight is 636 g/mol. The van der Waals surface area contributed by atoms with Crippen LogP contribution in [0.3, 0.4) is 0 Å². The van der Waals surface area contributed by atoms with Crippen LogP contribution >= 0.6 is 15.9 Å². The number of pyridine rings is 2. The molecule has 0 unspecified atom stereocenters. The second-order valence-corrected chi connectivity index (χ2v) is 13.2. The summed E-state index contributed by atoms with van der Waals surface area (Å²) in [5.41, 5.74) is 4.29. The summed E-state index contributed by atoms with van der Waals surface area (Å²) < 4.78 is 7.11. The molecule has 0 aliphatic rings. The fourth-order valence-corrected chi connectivity index (χ4v) is 4.91. The number of hydrogen-bond acceptors (Lipinski definition) is 4. The van der Waals surface area contributed by atoms with E-state index >= 15 is 0 Å². The summed E-state index contributed by atoms with van der Waals surface area (Å²) in [6.45, 7) is 12.8. The third kappa shape index (κ3) is 8.89. The van der Waals surface area contributed by atoms with Gasteiger partial charge < -0.3 is 9.84 Å². The molecule has 6 aromatic rings. The van der Waals surface area contributed by atoms with Crippen LogP contribution in [0.5, 0.6) is 17.2 Å². The smallest absolute Gasteiger partial charge is 0.146 e. The normalized spacial score (nSPS) is 11.2. The lowest BCUT2D eigenvalue weighted by Crippen LogP contribution is -2.12. The highest BCUT2D eigenvalue weighted by Gasteiger charge is 2.19. The Labute approximate surface area is 263 Å². The first-order valence-electron chi connectivity index (χ1n) is 14.3. The van der Waals surface area contributed by atoms with E-state index in [0.29, 0.717) is 5.75 Å². The van der Waals surface area contributed by atoms with Crippen LogP contribution in [0.1, 0.15) is 52.7 Å². The molecule has 2 heterocycles. The van der Waals surface area contributed by atoms with Crippen LogP contribution in [-0.4, -0.2) is 15.1 Å². The number of aromatic hydroxyl groups is 1. The standard InChI is InChI=1S/C19H19NO.C10H14O.C9H6BrN/c1-19(2,3)16-9-5-7-11-18(16)21-15-12-14-8-4-6-10-17(14)20-13-15;1-10(2,3)8-6-4-5-7-9(8)11;10-8-5-7-3-1-2-4-9(7)11-6-8/h4-13H,1-3H3;4-7,11H,1-3H3;1-6H. The zero-order valence-electron chi connectivity index (χ0n) is 25.7. The van der Waals surface area contributed by atoms with E-state index in [0.717, 1.165) is 38.0 Å². The molecule has 2 aromatic heterocycles. The van der Waals surface area contributed by atoms with Crippen LogP contribution < -0.4 is 4.74 Å². The van der Waals surface area contributed by atoms with Gasteiger partial charge >= 0.3 is 0 Å². The highest BCUT2D eigenvalue weighted by atomic mass is 79.9. The van der Waals surface area contributed by atoms with Gasteiger partial charge in [0.25, 0.3) is 0 Å². The number of phenols is 1. The van der Waals surface area contributed by atoms with E-state index in [1.165, 1.54) is 10.9 Å². The molecule has 1 N–H and O–H groups in total. The summed E-state index contributed by atoms with van der Waals surface area (Å²) in [5, 5.41) is 11.7. The minimum Gasteiger partial charge on any atom is -0.508 e. The summed E-state index contributed by atoms with van der Waals surface area (Å²) in [5.74, 6) is 2.05. The first-order chi connectivity index (χ1) is 20.4. The lowest BCUT2D eigenvalue weighted by atomic mass is 9.86. The van der Waals surface area contributed by atoms with Gasteiger partial charge in [0.15, 0.2) is 0 Å². The van der Waals surface area contributed by atoms with E-state index in [9.17, 15) is 5.11 Å². The Morgan fingerprint density at radius 2 is 1.07 bits per heavy atom. The van der Waals surface area contributed by atoms with E-state index < -0.39 is 0 Å². The highest BCUT2D eigenvalue weighted by molar-refractivity contribution is 9.10. The maximum Gasteiger partial charge on any atom is 0.146 e. The van der Waals surface area contributed by atoms with Crippen molar-refractivity contribution in [3.8, 4) is 17.2 Å². The fourth-order valence-electron chi connectivity index (χ4n) is 4.56.